The fourth-order valence-corrected chi connectivity index (χ4v) is 1.04. The first-order valence-corrected chi connectivity index (χ1v) is 3.99. The van der Waals surface area contributed by atoms with Crippen LogP contribution in [0.1, 0.15) is 6.42 Å². The zero-order valence-corrected chi connectivity index (χ0v) is 7.37. The van der Waals surface area contributed by atoms with Crippen LogP contribution in [0.2, 0.25) is 0 Å². The fourth-order valence-electron chi connectivity index (χ4n) is 1.04. The van der Waals surface area contributed by atoms with E-state index in [-0.39, 0.29) is 11.9 Å². The van der Waals surface area contributed by atoms with E-state index in [2.05, 4.69) is 15.4 Å². The van der Waals surface area contributed by atoms with Gasteiger partial charge in [0.15, 0.2) is 0 Å². The van der Waals surface area contributed by atoms with Crippen molar-refractivity contribution in [2.75, 3.05) is 13.7 Å². The maximum atomic E-state index is 10.7. The van der Waals surface area contributed by atoms with Crippen molar-refractivity contribution in [3.8, 4) is 0 Å². The second kappa shape index (κ2) is 4.49. The van der Waals surface area contributed by atoms with Crippen LogP contribution in [0.3, 0.4) is 0 Å². The molecule has 1 saturated heterocycles. The average Bonchev–Trinajstić information content (AvgIpc) is 2.51. The van der Waals surface area contributed by atoms with Crippen molar-refractivity contribution < 1.29 is 14.3 Å². The van der Waals surface area contributed by atoms with Crippen molar-refractivity contribution in [3.63, 3.8) is 0 Å². The van der Waals surface area contributed by atoms with Gasteiger partial charge in [-0.2, -0.15) is 0 Å². The van der Waals surface area contributed by atoms with Crippen LogP contribution in [0.5, 0.6) is 0 Å². The summed E-state index contributed by atoms with van der Waals surface area (Å²) < 4.78 is 4.39. The van der Waals surface area contributed by atoms with Crippen molar-refractivity contribution in [1.82, 2.24) is 10.6 Å². The Hall–Kier alpha value is -1.52. The maximum Gasteiger partial charge on any atom is 0.331 e. The topological polar surface area (TPSA) is 67.4 Å². The zero-order chi connectivity index (χ0) is 9.68. The molecule has 1 aliphatic heterocycles. The lowest BCUT2D eigenvalue weighted by atomic mass is 10.3. The molecule has 0 bridgehead atoms. The average molecular weight is 184 g/mol. The molecular formula is C8H12N2O3. The summed E-state index contributed by atoms with van der Waals surface area (Å²) in [6, 6.07) is 0.0772. The molecule has 1 heterocycles. The van der Waals surface area contributed by atoms with Crippen molar-refractivity contribution in [1.29, 1.82) is 0 Å². The molecule has 1 rings (SSSR count). The first-order chi connectivity index (χ1) is 6.22. The van der Waals surface area contributed by atoms with Gasteiger partial charge in [-0.05, 0) is 0 Å². The van der Waals surface area contributed by atoms with Crippen LogP contribution in [0.15, 0.2) is 12.3 Å². The van der Waals surface area contributed by atoms with E-state index in [4.69, 9.17) is 0 Å². The smallest absolute Gasteiger partial charge is 0.331 e. The third-order valence-corrected chi connectivity index (χ3v) is 1.73. The molecule has 0 radical (unpaired) electrons. The highest BCUT2D eigenvalue weighted by Gasteiger charge is 2.19. The molecule has 0 aromatic rings. The summed E-state index contributed by atoms with van der Waals surface area (Å²) >= 11 is 0. The molecule has 1 aliphatic rings. The van der Waals surface area contributed by atoms with Crippen LogP contribution in [0, 0.1) is 0 Å². The van der Waals surface area contributed by atoms with E-state index >= 15 is 0 Å². The lowest BCUT2D eigenvalue weighted by Crippen LogP contribution is -2.26. The van der Waals surface area contributed by atoms with Gasteiger partial charge < -0.3 is 15.4 Å². The normalized spacial score (nSPS) is 21.6. The monoisotopic (exact) mass is 184 g/mol. The predicted octanol–water partition coefficient (Wildman–Crippen LogP) is -0.849. The van der Waals surface area contributed by atoms with Gasteiger partial charge >= 0.3 is 5.97 Å². The SMILES string of the molecule is COC(=O)/C=C/NC1CNC(=O)C1. The predicted molar refractivity (Wildman–Crippen MR) is 45.7 cm³/mol. The summed E-state index contributed by atoms with van der Waals surface area (Å²) in [5, 5.41) is 5.58. The van der Waals surface area contributed by atoms with E-state index in [0.717, 1.165) is 0 Å². The van der Waals surface area contributed by atoms with Crippen molar-refractivity contribution >= 4 is 11.9 Å². The second-order valence-corrected chi connectivity index (χ2v) is 2.73. The number of carbonyl (C=O) groups excluding carboxylic acids is 2. The van der Waals surface area contributed by atoms with E-state index < -0.39 is 5.97 Å². The number of ether oxygens (including phenoxy) is 1. The van der Waals surface area contributed by atoms with E-state index in [1.54, 1.807) is 0 Å². The zero-order valence-electron chi connectivity index (χ0n) is 7.37. The first-order valence-electron chi connectivity index (χ1n) is 3.99. The minimum Gasteiger partial charge on any atom is -0.466 e. The fraction of sp³-hybridized carbons (Fsp3) is 0.500. The Morgan fingerprint density at radius 2 is 2.54 bits per heavy atom. The summed E-state index contributed by atoms with van der Waals surface area (Å²) in [7, 11) is 1.31. The van der Waals surface area contributed by atoms with E-state index in [1.807, 2.05) is 0 Å². The molecule has 2 N–H and O–H groups in total. The van der Waals surface area contributed by atoms with E-state index in [1.165, 1.54) is 19.4 Å². The van der Waals surface area contributed by atoms with Crippen LogP contribution < -0.4 is 10.6 Å². The highest BCUT2D eigenvalue weighted by molar-refractivity contribution is 5.81. The highest BCUT2D eigenvalue weighted by Crippen LogP contribution is 1.98. The van der Waals surface area contributed by atoms with Crippen LogP contribution in [0.25, 0.3) is 0 Å². The quantitative estimate of drug-likeness (QED) is 0.443. The molecule has 1 amide bonds. The molecule has 0 aromatic carbocycles. The number of rotatable bonds is 3. The molecule has 13 heavy (non-hydrogen) atoms. The van der Waals surface area contributed by atoms with Crippen molar-refractivity contribution in [3.05, 3.63) is 12.3 Å². The van der Waals surface area contributed by atoms with Gasteiger partial charge in [0.1, 0.15) is 0 Å². The van der Waals surface area contributed by atoms with Gasteiger partial charge in [0.25, 0.3) is 0 Å². The van der Waals surface area contributed by atoms with Gasteiger partial charge in [0.05, 0.1) is 13.2 Å². The summed E-state index contributed by atoms with van der Waals surface area (Å²) in [6.07, 6.45) is 3.23. The number of methoxy groups -OCH3 is 1. The third kappa shape index (κ3) is 3.14. The number of hydrogen-bond acceptors (Lipinski definition) is 4. The van der Waals surface area contributed by atoms with Crippen LogP contribution in [0.4, 0.5) is 0 Å². The Bertz CT molecular complexity index is 238. The standard InChI is InChI=1S/C8H12N2O3/c1-13-8(12)2-3-9-6-4-7(11)10-5-6/h2-3,6,9H,4-5H2,1H3,(H,10,11)/b3-2+. The molecule has 0 saturated carbocycles. The number of amides is 1. The van der Waals surface area contributed by atoms with Gasteiger partial charge in [-0.3, -0.25) is 4.79 Å². The minimum absolute atomic E-state index is 0.0315. The van der Waals surface area contributed by atoms with Gasteiger partial charge in [0, 0.05) is 25.2 Å². The number of hydrogen-bond donors (Lipinski definition) is 2. The van der Waals surface area contributed by atoms with Gasteiger partial charge in [-0.15, -0.1) is 0 Å². The lowest BCUT2D eigenvalue weighted by Gasteiger charge is -2.05. The Kier molecular flexibility index (Phi) is 3.31. The maximum absolute atomic E-state index is 10.7. The molecule has 72 valence electrons. The van der Waals surface area contributed by atoms with Crippen molar-refractivity contribution in [2.45, 2.75) is 12.5 Å². The minimum atomic E-state index is -0.412. The van der Waals surface area contributed by atoms with Gasteiger partial charge in [-0.1, -0.05) is 0 Å². The Morgan fingerprint density at radius 1 is 1.77 bits per heavy atom. The molecule has 5 heteroatoms. The molecule has 1 fully saturated rings. The third-order valence-electron chi connectivity index (χ3n) is 1.73. The number of nitrogens with one attached hydrogen (secondary N) is 2. The highest BCUT2D eigenvalue weighted by atomic mass is 16.5. The molecule has 1 unspecified atom stereocenters. The molecular weight excluding hydrogens is 172 g/mol. The lowest BCUT2D eigenvalue weighted by molar-refractivity contribution is -0.134. The summed E-state index contributed by atoms with van der Waals surface area (Å²) in [5.74, 6) is -0.381. The molecule has 5 nitrogen and oxygen atoms in total. The molecule has 0 aliphatic carbocycles. The molecule has 0 aromatic heterocycles. The Labute approximate surface area is 76.1 Å². The van der Waals surface area contributed by atoms with Crippen LogP contribution >= 0.6 is 0 Å². The van der Waals surface area contributed by atoms with E-state index in [9.17, 15) is 9.59 Å². The van der Waals surface area contributed by atoms with Crippen LogP contribution in [-0.4, -0.2) is 31.6 Å². The van der Waals surface area contributed by atoms with Gasteiger partial charge in [0.2, 0.25) is 5.91 Å². The second-order valence-electron chi connectivity index (χ2n) is 2.73. The largest absolute Gasteiger partial charge is 0.466 e. The summed E-state index contributed by atoms with van der Waals surface area (Å²) in [5.41, 5.74) is 0. The summed E-state index contributed by atoms with van der Waals surface area (Å²) in [4.78, 5) is 21.4. The van der Waals surface area contributed by atoms with Gasteiger partial charge in [-0.25, -0.2) is 4.79 Å². The number of carbonyl (C=O) groups is 2. The Morgan fingerprint density at radius 3 is 3.08 bits per heavy atom. The first kappa shape index (κ1) is 9.57. The van der Waals surface area contributed by atoms with Crippen LogP contribution in [-0.2, 0) is 14.3 Å². The van der Waals surface area contributed by atoms with Crippen molar-refractivity contribution in [2.24, 2.45) is 0 Å². The number of esters is 1. The molecule has 1 atom stereocenters. The summed E-state index contributed by atoms with van der Waals surface area (Å²) in [6.45, 7) is 0.602. The molecule has 0 spiro atoms. The Balaban J connectivity index is 2.23. The van der Waals surface area contributed by atoms with E-state index in [0.29, 0.717) is 13.0 Å².